The highest BCUT2D eigenvalue weighted by Crippen LogP contribution is 2.30. The van der Waals surface area contributed by atoms with E-state index >= 15 is 0 Å². The molecule has 0 amide bonds. The minimum Gasteiger partial charge on any atom is -0.462 e. The molecule has 1 aliphatic rings. The van der Waals surface area contributed by atoms with Gasteiger partial charge in [-0.15, -0.1) is 0 Å². The van der Waals surface area contributed by atoms with Gasteiger partial charge in [0.25, 0.3) is 0 Å². The Balaban J connectivity index is 2.70. The Labute approximate surface area is 82.6 Å². The lowest BCUT2D eigenvalue weighted by Gasteiger charge is -2.20. The van der Waals surface area contributed by atoms with Gasteiger partial charge in [-0.3, -0.25) is 0 Å². The van der Waals surface area contributed by atoms with E-state index in [4.69, 9.17) is 9.47 Å². The monoisotopic (exact) mass is 196 g/mol. The summed E-state index contributed by atoms with van der Waals surface area (Å²) < 4.78 is 9.69. The summed E-state index contributed by atoms with van der Waals surface area (Å²) in [5.41, 5.74) is -0.470. The van der Waals surface area contributed by atoms with Crippen molar-refractivity contribution in [2.24, 2.45) is 5.41 Å². The quantitative estimate of drug-likeness (QED) is 0.348. The van der Waals surface area contributed by atoms with E-state index in [0.29, 0.717) is 0 Å². The first-order valence-electron chi connectivity index (χ1n) is 4.27. The van der Waals surface area contributed by atoms with Crippen LogP contribution in [0.15, 0.2) is 0 Å². The predicted octanol–water partition coefficient (Wildman–Crippen LogP) is 0.504. The fraction of sp³-hybridized carbons (Fsp3) is 0.600. The van der Waals surface area contributed by atoms with Crippen LogP contribution in [-0.4, -0.2) is 24.6 Å². The number of hydrogen-bond acceptors (Lipinski definition) is 4. The Morgan fingerprint density at radius 2 is 2.29 bits per heavy atom. The molecule has 76 valence electrons. The van der Waals surface area contributed by atoms with Gasteiger partial charge >= 0.3 is 11.9 Å². The molecule has 0 radical (unpaired) electrons. The van der Waals surface area contributed by atoms with Gasteiger partial charge < -0.3 is 9.47 Å². The standard InChI is InChI=1S/C10H12O4/c1-4-5-7(11)14-8-9(12)13-6-10(8,2)3/h8H,6H2,1-3H3/t8-/m0/s1. The maximum Gasteiger partial charge on any atom is 0.385 e. The molecule has 0 N–H and O–H groups in total. The number of cyclic esters (lactones) is 1. The summed E-state index contributed by atoms with van der Waals surface area (Å²) >= 11 is 0. The zero-order valence-corrected chi connectivity index (χ0v) is 8.42. The van der Waals surface area contributed by atoms with Crippen LogP contribution in [-0.2, 0) is 19.1 Å². The Morgan fingerprint density at radius 3 is 2.71 bits per heavy atom. The van der Waals surface area contributed by atoms with E-state index in [2.05, 4.69) is 11.8 Å². The van der Waals surface area contributed by atoms with Gasteiger partial charge in [-0.1, -0.05) is 19.8 Å². The SMILES string of the molecule is CC#CC(=O)O[C@H]1C(=O)OCC1(C)C. The average molecular weight is 196 g/mol. The average Bonchev–Trinajstić information content (AvgIpc) is 2.32. The molecule has 1 aliphatic heterocycles. The molecule has 0 spiro atoms. The van der Waals surface area contributed by atoms with Crippen molar-refractivity contribution in [1.29, 1.82) is 0 Å². The first-order chi connectivity index (χ1) is 6.47. The minimum atomic E-state index is -0.837. The molecule has 1 atom stereocenters. The van der Waals surface area contributed by atoms with Crippen molar-refractivity contribution in [3.8, 4) is 11.8 Å². The number of carbonyl (C=O) groups excluding carboxylic acids is 2. The molecule has 0 bridgehead atoms. The summed E-state index contributed by atoms with van der Waals surface area (Å²) in [6, 6.07) is 0. The number of rotatable bonds is 1. The minimum absolute atomic E-state index is 0.267. The van der Waals surface area contributed by atoms with Crippen LogP contribution in [0.5, 0.6) is 0 Å². The van der Waals surface area contributed by atoms with Crippen LogP contribution in [0, 0.1) is 17.3 Å². The third-order valence-corrected chi connectivity index (χ3v) is 1.96. The number of hydrogen-bond donors (Lipinski definition) is 0. The molecular weight excluding hydrogens is 184 g/mol. The Hall–Kier alpha value is -1.50. The molecule has 0 aromatic heterocycles. The normalized spacial score (nSPS) is 23.4. The first kappa shape index (κ1) is 10.6. The van der Waals surface area contributed by atoms with E-state index in [0.717, 1.165) is 0 Å². The summed E-state index contributed by atoms with van der Waals surface area (Å²) in [4.78, 5) is 22.2. The lowest BCUT2D eigenvalue weighted by Crippen LogP contribution is -2.34. The molecule has 1 heterocycles. The molecule has 4 nitrogen and oxygen atoms in total. The van der Waals surface area contributed by atoms with Gasteiger partial charge in [0.1, 0.15) is 6.61 Å². The summed E-state index contributed by atoms with van der Waals surface area (Å²) in [7, 11) is 0. The summed E-state index contributed by atoms with van der Waals surface area (Å²) in [5, 5.41) is 0. The number of carbonyl (C=O) groups is 2. The Morgan fingerprint density at radius 1 is 1.64 bits per heavy atom. The van der Waals surface area contributed by atoms with Crippen LogP contribution in [0.4, 0.5) is 0 Å². The van der Waals surface area contributed by atoms with Gasteiger partial charge in [0.15, 0.2) is 0 Å². The molecule has 4 heteroatoms. The van der Waals surface area contributed by atoms with E-state index < -0.39 is 23.5 Å². The van der Waals surface area contributed by atoms with Gasteiger partial charge in [0.2, 0.25) is 6.10 Å². The van der Waals surface area contributed by atoms with Gasteiger partial charge in [0, 0.05) is 11.3 Å². The van der Waals surface area contributed by atoms with Crippen LogP contribution in [0.25, 0.3) is 0 Å². The molecule has 0 aromatic rings. The maximum absolute atomic E-state index is 11.2. The first-order valence-corrected chi connectivity index (χ1v) is 4.27. The molecule has 14 heavy (non-hydrogen) atoms. The maximum atomic E-state index is 11.2. The van der Waals surface area contributed by atoms with E-state index in [-0.39, 0.29) is 6.61 Å². The fourth-order valence-electron chi connectivity index (χ4n) is 1.17. The molecule has 1 saturated heterocycles. The largest absolute Gasteiger partial charge is 0.462 e. The van der Waals surface area contributed by atoms with Gasteiger partial charge in [0.05, 0.1) is 0 Å². The van der Waals surface area contributed by atoms with Crippen LogP contribution in [0.1, 0.15) is 20.8 Å². The Kier molecular flexibility index (Phi) is 2.80. The highest BCUT2D eigenvalue weighted by Gasteiger charge is 2.46. The van der Waals surface area contributed by atoms with Crippen LogP contribution in [0.3, 0.4) is 0 Å². The number of esters is 2. The molecule has 0 unspecified atom stereocenters. The Bertz CT molecular complexity index is 319. The van der Waals surface area contributed by atoms with Crippen LogP contribution in [0.2, 0.25) is 0 Å². The fourth-order valence-corrected chi connectivity index (χ4v) is 1.17. The highest BCUT2D eigenvalue weighted by atomic mass is 16.6. The van der Waals surface area contributed by atoms with E-state index in [9.17, 15) is 9.59 Å². The third kappa shape index (κ3) is 2.05. The van der Waals surface area contributed by atoms with Gasteiger partial charge in [-0.25, -0.2) is 9.59 Å². The van der Waals surface area contributed by atoms with E-state index in [1.165, 1.54) is 6.92 Å². The lowest BCUT2D eigenvalue weighted by atomic mass is 9.90. The van der Waals surface area contributed by atoms with Crippen molar-refractivity contribution in [2.75, 3.05) is 6.61 Å². The van der Waals surface area contributed by atoms with Gasteiger partial charge in [-0.05, 0) is 6.92 Å². The van der Waals surface area contributed by atoms with Crippen molar-refractivity contribution in [3.05, 3.63) is 0 Å². The third-order valence-electron chi connectivity index (χ3n) is 1.96. The summed E-state index contributed by atoms with van der Waals surface area (Å²) in [5.74, 6) is 3.43. The van der Waals surface area contributed by atoms with Crippen molar-refractivity contribution in [1.82, 2.24) is 0 Å². The molecule has 0 aliphatic carbocycles. The molecule has 0 aromatic carbocycles. The van der Waals surface area contributed by atoms with Crippen molar-refractivity contribution >= 4 is 11.9 Å². The van der Waals surface area contributed by atoms with Crippen molar-refractivity contribution < 1.29 is 19.1 Å². The second kappa shape index (κ2) is 3.70. The van der Waals surface area contributed by atoms with Crippen LogP contribution >= 0.6 is 0 Å². The smallest absolute Gasteiger partial charge is 0.385 e. The van der Waals surface area contributed by atoms with Crippen LogP contribution < -0.4 is 0 Å². The molecule has 1 fully saturated rings. The summed E-state index contributed by atoms with van der Waals surface area (Å²) in [6.45, 7) is 5.40. The predicted molar refractivity (Wildman–Crippen MR) is 48.1 cm³/mol. The van der Waals surface area contributed by atoms with Crippen molar-refractivity contribution in [3.63, 3.8) is 0 Å². The second-order valence-electron chi connectivity index (χ2n) is 3.76. The summed E-state index contributed by atoms with van der Waals surface area (Å²) in [6.07, 6.45) is -0.837. The zero-order chi connectivity index (χ0) is 10.8. The second-order valence-corrected chi connectivity index (χ2v) is 3.76. The zero-order valence-electron chi connectivity index (χ0n) is 8.42. The van der Waals surface area contributed by atoms with E-state index in [1.54, 1.807) is 13.8 Å². The highest BCUT2D eigenvalue weighted by molar-refractivity contribution is 5.91. The van der Waals surface area contributed by atoms with Gasteiger partial charge in [-0.2, -0.15) is 0 Å². The number of ether oxygens (including phenoxy) is 2. The molecule has 0 saturated carbocycles. The van der Waals surface area contributed by atoms with Crippen molar-refractivity contribution in [2.45, 2.75) is 26.9 Å². The topological polar surface area (TPSA) is 52.6 Å². The lowest BCUT2D eigenvalue weighted by molar-refractivity contribution is -0.158. The van der Waals surface area contributed by atoms with E-state index in [1.807, 2.05) is 0 Å². The molecule has 1 rings (SSSR count). The molecular formula is C10H12O4.